The summed E-state index contributed by atoms with van der Waals surface area (Å²) in [6.07, 6.45) is 1.44. The van der Waals surface area contributed by atoms with Crippen molar-refractivity contribution >= 4 is 33.4 Å². The summed E-state index contributed by atoms with van der Waals surface area (Å²) >= 11 is 3.40. The molecule has 0 aliphatic carbocycles. The minimum atomic E-state index is -0.333. The Morgan fingerprint density at radius 2 is 2.29 bits per heavy atom. The standard InChI is InChI=1S/C12H15BrN2O2/c1-7-3-4-8-10(15(7)12(16)17-2)6-5-9(13)11(8)14/h5-7H,3-4,14H2,1-2H3/t7-/m0/s1. The van der Waals surface area contributed by atoms with E-state index < -0.39 is 0 Å². The Bertz CT molecular complexity index is 462. The first kappa shape index (κ1) is 12.2. The summed E-state index contributed by atoms with van der Waals surface area (Å²) in [5, 5.41) is 0. The van der Waals surface area contributed by atoms with Gasteiger partial charge in [0.05, 0.1) is 18.5 Å². The van der Waals surface area contributed by atoms with Crippen molar-refractivity contribution in [3.8, 4) is 0 Å². The summed E-state index contributed by atoms with van der Waals surface area (Å²) in [6.45, 7) is 2.01. The second-order valence-corrected chi connectivity index (χ2v) is 5.04. The number of carbonyl (C=O) groups excluding carboxylic acids is 1. The van der Waals surface area contributed by atoms with Gasteiger partial charge in [0.15, 0.2) is 0 Å². The van der Waals surface area contributed by atoms with Gasteiger partial charge >= 0.3 is 6.09 Å². The molecule has 5 heteroatoms. The molecule has 1 atom stereocenters. The Hall–Kier alpha value is -1.23. The van der Waals surface area contributed by atoms with Crippen LogP contribution >= 0.6 is 15.9 Å². The van der Waals surface area contributed by atoms with Crippen LogP contribution in [0.2, 0.25) is 0 Å². The highest BCUT2D eigenvalue weighted by molar-refractivity contribution is 9.10. The first-order valence-electron chi connectivity index (χ1n) is 5.50. The minimum Gasteiger partial charge on any atom is -0.452 e. The van der Waals surface area contributed by atoms with E-state index in [2.05, 4.69) is 15.9 Å². The first-order valence-corrected chi connectivity index (χ1v) is 6.29. The fourth-order valence-electron chi connectivity index (χ4n) is 2.21. The van der Waals surface area contributed by atoms with Crippen molar-refractivity contribution in [2.45, 2.75) is 25.8 Å². The normalized spacial score (nSPS) is 18.8. The second kappa shape index (κ2) is 4.56. The van der Waals surface area contributed by atoms with E-state index in [-0.39, 0.29) is 12.1 Å². The number of anilines is 2. The van der Waals surface area contributed by atoms with Gasteiger partial charge in [0.1, 0.15) is 0 Å². The SMILES string of the molecule is COC(=O)N1c2ccc(Br)c(N)c2CC[C@@H]1C. The molecule has 1 aliphatic rings. The molecule has 92 valence electrons. The van der Waals surface area contributed by atoms with Gasteiger partial charge in [0, 0.05) is 16.1 Å². The largest absolute Gasteiger partial charge is 0.452 e. The van der Waals surface area contributed by atoms with Crippen molar-refractivity contribution in [1.82, 2.24) is 0 Å². The van der Waals surface area contributed by atoms with E-state index in [1.807, 2.05) is 19.1 Å². The van der Waals surface area contributed by atoms with Crippen molar-refractivity contribution in [2.24, 2.45) is 0 Å². The molecule has 4 nitrogen and oxygen atoms in total. The molecule has 1 heterocycles. The average molecular weight is 299 g/mol. The second-order valence-electron chi connectivity index (χ2n) is 4.19. The molecular formula is C12H15BrN2O2. The number of ether oxygens (including phenoxy) is 1. The highest BCUT2D eigenvalue weighted by Gasteiger charge is 2.30. The van der Waals surface area contributed by atoms with Gasteiger partial charge in [0.25, 0.3) is 0 Å². The van der Waals surface area contributed by atoms with Crippen molar-refractivity contribution in [3.05, 3.63) is 22.2 Å². The van der Waals surface area contributed by atoms with Crippen molar-refractivity contribution in [2.75, 3.05) is 17.7 Å². The maximum atomic E-state index is 11.8. The van der Waals surface area contributed by atoms with Crippen LogP contribution < -0.4 is 10.6 Å². The zero-order valence-corrected chi connectivity index (χ0v) is 11.5. The number of halogens is 1. The van der Waals surface area contributed by atoms with Crippen molar-refractivity contribution in [3.63, 3.8) is 0 Å². The maximum absolute atomic E-state index is 11.8. The molecule has 2 rings (SSSR count). The Kier molecular flexibility index (Phi) is 3.28. The van der Waals surface area contributed by atoms with Gasteiger partial charge in [-0.3, -0.25) is 4.90 Å². The first-order chi connectivity index (χ1) is 8.06. The molecule has 0 radical (unpaired) electrons. The molecule has 0 saturated heterocycles. The number of fused-ring (bicyclic) bond motifs is 1. The van der Waals surface area contributed by atoms with Crippen LogP contribution in [0.25, 0.3) is 0 Å². The Morgan fingerprint density at radius 3 is 2.94 bits per heavy atom. The lowest BCUT2D eigenvalue weighted by Crippen LogP contribution is -2.42. The van der Waals surface area contributed by atoms with E-state index in [4.69, 9.17) is 10.5 Å². The van der Waals surface area contributed by atoms with Crippen molar-refractivity contribution in [1.29, 1.82) is 0 Å². The highest BCUT2D eigenvalue weighted by atomic mass is 79.9. The molecule has 1 aromatic carbocycles. The summed E-state index contributed by atoms with van der Waals surface area (Å²) in [6, 6.07) is 3.90. The van der Waals surface area contributed by atoms with Crippen LogP contribution in [0.1, 0.15) is 18.9 Å². The van der Waals surface area contributed by atoms with Crippen LogP contribution in [0.15, 0.2) is 16.6 Å². The van der Waals surface area contributed by atoms with E-state index in [0.717, 1.165) is 28.6 Å². The van der Waals surface area contributed by atoms with Crippen LogP contribution in [0.5, 0.6) is 0 Å². The minimum absolute atomic E-state index is 0.135. The molecule has 1 amide bonds. The number of carbonyl (C=O) groups is 1. The Labute approximate surface area is 109 Å². The van der Waals surface area contributed by atoms with Gasteiger partial charge < -0.3 is 10.5 Å². The Morgan fingerprint density at radius 1 is 1.59 bits per heavy atom. The van der Waals surface area contributed by atoms with Gasteiger partial charge in [-0.15, -0.1) is 0 Å². The van der Waals surface area contributed by atoms with Crippen LogP contribution in [-0.2, 0) is 11.2 Å². The van der Waals surface area contributed by atoms with Crippen molar-refractivity contribution < 1.29 is 9.53 Å². The van der Waals surface area contributed by atoms with Crippen LogP contribution in [0.4, 0.5) is 16.2 Å². The molecule has 0 saturated carbocycles. The third-order valence-corrected chi connectivity index (χ3v) is 3.85. The number of rotatable bonds is 0. The van der Waals surface area contributed by atoms with E-state index >= 15 is 0 Å². The lowest BCUT2D eigenvalue weighted by Gasteiger charge is -2.34. The van der Waals surface area contributed by atoms with Crippen LogP contribution in [0, 0.1) is 0 Å². The molecule has 17 heavy (non-hydrogen) atoms. The van der Waals surface area contributed by atoms with E-state index in [1.165, 1.54) is 7.11 Å². The topological polar surface area (TPSA) is 55.6 Å². The number of benzene rings is 1. The van der Waals surface area contributed by atoms with Gasteiger partial charge in [-0.05, 0) is 47.8 Å². The summed E-state index contributed by atoms with van der Waals surface area (Å²) in [4.78, 5) is 13.5. The molecule has 0 fully saturated rings. The predicted octanol–water partition coefficient (Wildman–Crippen LogP) is 2.94. The predicted molar refractivity (Wildman–Crippen MR) is 71.2 cm³/mol. The number of methoxy groups -OCH3 is 1. The van der Waals surface area contributed by atoms with E-state index in [1.54, 1.807) is 4.90 Å². The number of hydrogen-bond acceptors (Lipinski definition) is 3. The molecular weight excluding hydrogens is 284 g/mol. The molecule has 0 bridgehead atoms. The van der Waals surface area contributed by atoms with Gasteiger partial charge in [-0.25, -0.2) is 4.79 Å². The van der Waals surface area contributed by atoms with Crippen LogP contribution in [0.3, 0.4) is 0 Å². The van der Waals surface area contributed by atoms with Crippen LogP contribution in [-0.4, -0.2) is 19.2 Å². The zero-order chi connectivity index (χ0) is 12.6. The smallest absolute Gasteiger partial charge is 0.414 e. The van der Waals surface area contributed by atoms with E-state index in [0.29, 0.717) is 5.69 Å². The third kappa shape index (κ3) is 1.99. The molecule has 1 aromatic rings. The van der Waals surface area contributed by atoms with E-state index in [9.17, 15) is 4.79 Å². The average Bonchev–Trinajstić information content (AvgIpc) is 2.33. The fraction of sp³-hybridized carbons (Fsp3) is 0.417. The number of nitrogens with two attached hydrogens (primary N) is 1. The summed E-state index contributed by atoms with van der Waals surface area (Å²) in [5.41, 5.74) is 8.61. The van der Waals surface area contributed by atoms with Gasteiger partial charge in [0.2, 0.25) is 0 Å². The number of nitrogens with zero attached hydrogens (tertiary/aromatic N) is 1. The fourth-order valence-corrected chi connectivity index (χ4v) is 2.58. The monoisotopic (exact) mass is 298 g/mol. The number of nitrogen functional groups attached to an aromatic ring is 1. The molecule has 2 N–H and O–H groups in total. The Balaban J connectivity index is 2.52. The quantitative estimate of drug-likeness (QED) is 0.749. The molecule has 0 unspecified atom stereocenters. The van der Waals surface area contributed by atoms with Gasteiger partial charge in [-0.1, -0.05) is 0 Å². The third-order valence-electron chi connectivity index (χ3n) is 3.16. The summed E-state index contributed by atoms with van der Waals surface area (Å²) < 4.78 is 5.69. The number of amides is 1. The zero-order valence-electron chi connectivity index (χ0n) is 9.87. The molecule has 0 spiro atoms. The molecule has 1 aliphatic heterocycles. The lowest BCUT2D eigenvalue weighted by atomic mass is 9.96. The maximum Gasteiger partial charge on any atom is 0.414 e. The summed E-state index contributed by atoms with van der Waals surface area (Å²) in [5.74, 6) is 0. The summed E-state index contributed by atoms with van der Waals surface area (Å²) in [7, 11) is 1.39. The lowest BCUT2D eigenvalue weighted by molar-refractivity contribution is 0.175. The highest BCUT2D eigenvalue weighted by Crippen LogP contribution is 2.38. The molecule has 0 aromatic heterocycles. The van der Waals surface area contributed by atoms with Gasteiger partial charge in [-0.2, -0.15) is 0 Å². The number of hydrogen-bond donors (Lipinski definition) is 1.